The third-order valence-corrected chi connectivity index (χ3v) is 4.85. The van der Waals surface area contributed by atoms with Crippen LogP contribution < -0.4 is 10.5 Å². The summed E-state index contributed by atoms with van der Waals surface area (Å²) in [6.07, 6.45) is 0.636. The molecule has 0 aliphatic heterocycles. The van der Waals surface area contributed by atoms with Gasteiger partial charge in [0.05, 0.1) is 5.69 Å². The molecule has 0 aliphatic rings. The van der Waals surface area contributed by atoms with Crippen molar-refractivity contribution in [2.24, 2.45) is 5.92 Å². The van der Waals surface area contributed by atoms with E-state index in [1.54, 1.807) is 13.0 Å². The molecule has 0 saturated heterocycles. The lowest BCUT2D eigenvalue weighted by Crippen LogP contribution is -2.27. The molecule has 0 fully saturated rings. The van der Waals surface area contributed by atoms with E-state index in [0.717, 1.165) is 5.56 Å². The molecule has 0 aromatic heterocycles. The van der Waals surface area contributed by atoms with Gasteiger partial charge in [0, 0.05) is 19.8 Å². The van der Waals surface area contributed by atoms with Gasteiger partial charge in [-0.3, -0.25) is 0 Å². The topological polar surface area (TPSA) is 81.4 Å². The maximum absolute atomic E-state index is 12.3. The van der Waals surface area contributed by atoms with Gasteiger partial charge < -0.3 is 10.5 Å². The van der Waals surface area contributed by atoms with Crippen LogP contribution in [0.15, 0.2) is 17.0 Å². The molecule has 6 heteroatoms. The van der Waals surface area contributed by atoms with E-state index in [1.165, 1.54) is 0 Å². The van der Waals surface area contributed by atoms with E-state index >= 15 is 0 Å². The van der Waals surface area contributed by atoms with Crippen LogP contribution in [0.3, 0.4) is 0 Å². The minimum Gasteiger partial charge on any atom is -0.398 e. The molecule has 0 amide bonds. The molecule has 0 heterocycles. The fourth-order valence-electron chi connectivity index (χ4n) is 1.94. The number of nitrogens with one attached hydrogen (secondary N) is 1. The molecule has 0 unspecified atom stereocenters. The lowest BCUT2D eigenvalue weighted by molar-refractivity contribution is 0.108. The van der Waals surface area contributed by atoms with Crippen LogP contribution in [-0.2, 0) is 14.8 Å². The second kappa shape index (κ2) is 7.77. The maximum atomic E-state index is 12.3. The number of anilines is 1. The van der Waals surface area contributed by atoms with Gasteiger partial charge in [-0.15, -0.1) is 0 Å². The molecular formula is C15H26N2O3S. The molecule has 120 valence electrons. The van der Waals surface area contributed by atoms with Gasteiger partial charge in [-0.2, -0.15) is 0 Å². The van der Waals surface area contributed by atoms with Crippen LogP contribution in [-0.4, -0.2) is 28.2 Å². The standard InChI is InChI=1S/C15H26N2O3S/c1-11(2)10-20-9-5-8-17-21(18,19)15-13(4)12(3)6-7-14(15)16/h6-7,11,17H,5,8-10,16H2,1-4H3. The molecule has 5 nitrogen and oxygen atoms in total. The Hall–Kier alpha value is -1.11. The van der Waals surface area contributed by atoms with E-state index in [9.17, 15) is 8.42 Å². The predicted molar refractivity (Wildman–Crippen MR) is 85.8 cm³/mol. The minimum absolute atomic E-state index is 0.186. The van der Waals surface area contributed by atoms with E-state index in [-0.39, 0.29) is 10.6 Å². The molecule has 0 spiro atoms. The number of rotatable bonds is 8. The highest BCUT2D eigenvalue weighted by molar-refractivity contribution is 7.89. The third-order valence-electron chi connectivity index (χ3n) is 3.18. The highest BCUT2D eigenvalue weighted by Crippen LogP contribution is 2.24. The summed E-state index contributed by atoms with van der Waals surface area (Å²) in [5.41, 5.74) is 7.70. The Bertz CT molecular complexity index is 569. The van der Waals surface area contributed by atoms with Crippen molar-refractivity contribution < 1.29 is 13.2 Å². The lowest BCUT2D eigenvalue weighted by atomic mass is 10.1. The van der Waals surface area contributed by atoms with Crippen LogP contribution in [0.5, 0.6) is 0 Å². The summed E-state index contributed by atoms with van der Waals surface area (Å²) in [7, 11) is -3.58. The van der Waals surface area contributed by atoms with Gasteiger partial charge in [0.15, 0.2) is 0 Å². The van der Waals surface area contributed by atoms with Crippen molar-refractivity contribution in [3.63, 3.8) is 0 Å². The van der Waals surface area contributed by atoms with Gasteiger partial charge in [-0.05, 0) is 43.4 Å². The monoisotopic (exact) mass is 314 g/mol. The molecule has 0 saturated carbocycles. The summed E-state index contributed by atoms with van der Waals surface area (Å²) in [5, 5.41) is 0. The molecule has 3 N–H and O–H groups in total. The Kier molecular flexibility index (Phi) is 6.64. The first-order chi connectivity index (χ1) is 9.75. The molecule has 1 aromatic rings. The summed E-state index contributed by atoms with van der Waals surface area (Å²) < 4.78 is 32.7. The van der Waals surface area contributed by atoms with Crippen molar-refractivity contribution >= 4 is 15.7 Å². The highest BCUT2D eigenvalue weighted by Gasteiger charge is 2.20. The highest BCUT2D eigenvalue weighted by atomic mass is 32.2. The summed E-state index contributed by atoms with van der Waals surface area (Å²) >= 11 is 0. The zero-order chi connectivity index (χ0) is 16.0. The number of nitrogen functional groups attached to an aromatic ring is 1. The van der Waals surface area contributed by atoms with Crippen LogP contribution >= 0.6 is 0 Å². The van der Waals surface area contributed by atoms with E-state index in [4.69, 9.17) is 10.5 Å². The molecule has 0 bridgehead atoms. The van der Waals surface area contributed by atoms with Crippen LogP contribution in [0.2, 0.25) is 0 Å². The first-order valence-electron chi connectivity index (χ1n) is 7.18. The Labute approximate surface area is 127 Å². The first kappa shape index (κ1) is 17.9. The quantitative estimate of drug-likeness (QED) is 0.569. The molecular weight excluding hydrogens is 288 g/mol. The van der Waals surface area contributed by atoms with Crippen molar-refractivity contribution in [1.82, 2.24) is 4.72 Å². The van der Waals surface area contributed by atoms with E-state index in [2.05, 4.69) is 18.6 Å². The largest absolute Gasteiger partial charge is 0.398 e. The van der Waals surface area contributed by atoms with Crippen LogP contribution in [0, 0.1) is 19.8 Å². The Balaban J connectivity index is 2.61. The fourth-order valence-corrected chi connectivity index (χ4v) is 3.44. The summed E-state index contributed by atoms with van der Waals surface area (Å²) in [5.74, 6) is 0.483. The van der Waals surface area contributed by atoms with Gasteiger partial charge in [-0.25, -0.2) is 13.1 Å². The van der Waals surface area contributed by atoms with E-state index < -0.39 is 10.0 Å². The Morgan fingerprint density at radius 3 is 2.57 bits per heavy atom. The first-order valence-corrected chi connectivity index (χ1v) is 8.67. The van der Waals surface area contributed by atoms with Gasteiger partial charge in [0.1, 0.15) is 4.90 Å². The number of hydrogen-bond donors (Lipinski definition) is 2. The van der Waals surface area contributed by atoms with Crippen molar-refractivity contribution in [2.75, 3.05) is 25.5 Å². The normalized spacial score (nSPS) is 12.0. The zero-order valence-electron chi connectivity index (χ0n) is 13.3. The number of hydrogen-bond acceptors (Lipinski definition) is 4. The third kappa shape index (κ3) is 5.30. The molecule has 0 atom stereocenters. The van der Waals surface area contributed by atoms with E-state index in [1.807, 2.05) is 13.0 Å². The van der Waals surface area contributed by atoms with Gasteiger partial charge in [0.2, 0.25) is 10.0 Å². The molecule has 0 aliphatic carbocycles. The predicted octanol–water partition coefficient (Wildman–Crippen LogP) is 2.23. The van der Waals surface area contributed by atoms with Gasteiger partial charge in [0.25, 0.3) is 0 Å². The number of aryl methyl sites for hydroxylation is 1. The van der Waals surface area contributed by atoms with Crippen LogP contribution in [0.1, 0.15) is 31.4 Å². The second-order valence-corrected chi connectivity index (χ2v) is 7.35. The SMILES string of the molecule is Cc1ccc(N)c(S(=O)(=O)NCCCOCC(C)C)c1C. The summed E-state index contributed by atoms with van der Waals surface area (Å²) in [4.78, 5) is 0.186. The average Bonchev–Trinajstić information content (AvgIpc) is 2.38. The van der Waals surface area contributed by atoms with Crippen molar-refractivity contribution in [3.8, 4) is 0 Å². The minimum atomic E-state index is -3.58. The number of ether oxygens (including phenoxy) is 1. The van der Waals surface area contributed by atoms with Crippen molar-refractivity contribution in [3.05, 3.63) is 23.3 Å². The number of nitrogens with two attached hydrogens (primary N) is 1. The lowest BCUT2D eigenvalue weighted by Gasteiger charge is -2.13. The van der Waals surface area contributed by atoms with E-state index in [0.29, 0.717) is 37.7 Å². The fraction of sp³-hybridized carbons (Fsp3) is 0.600. The molecule has 21 heavy (non-hydrogen) atoms. The second-order valence-electron chi connectivity index (χ2n) is 5.65. The van der Waals surface area contributed by atoms with Crippen LogP contribution in [0.4, 0.5) is 5.69 Å². The van der Waals surface area contributed by atoms with Gasteiger partial charge in [-0.1, -0.05) is 19.9 Å². The molecule has 1 rings (SSSR count). The summed E-state index contributed by atoms with van der Waals surface area (Å²) in [6, 6.07) is 3.45. The summed E-state index contributed by atoms with van der Waals surface area (Å²) in [6.45, 7) is 9.37. The Morgan fingerprint density at radius 1 is 1.29 bits per heavy atom. The number of benzene rings is 1. The molecule has 1 aromatic carbocycles. The van der Waals surface area contributed by atoms with Crippen molar-refractivity contribution in [2.45, 2.75) is 39.0 Å². The number of sulfonamides is 1. The van der Waals surface area contributed by atoms with Crippen LogP contribution in [0.25, 0.3) is 0 Å². The molecule has 0 radical (unpaired) electrons. The average molecular weight is 314 g/mol. The maximum Gasteiger partial charge on any atom is 0.242 e. The van der Waals surface area contributed by atoms with Crippen molar-refractivity contribution in [1.29, 1.82) is 0 Å². The van der Waals surface area contributed by atoms with Gasteiger partial charge >= 0.3 is 0 Å². The Morgan fingerprint density at radius 2 is 1.95 bits per heavy atom. The zero-order valence-corrected chi connectivity index (χ0v) is 14.1. The smallest absolute Gasteiger partial charge is 0.242 e.